The maximum absolute atomic E-state index is 13.4. The molecule has 5 rings (SSSR count). The first-order valence-corrected chi connectivity index (χ1v) is 12.1. The van der Waals surface area contributed by atoms with Crippen molar-refractivity contribution < 1.29 is 13.9 Å². The van der Waals surface area contributed by atoms with Crippen LogP contribution in [-0.2, 0) is 22.6 Å². The number of ether oxygens (including phenoxy) is 1. The Balaban J connectivity index is 1.22. The monoisotopic (exact) mass is 449 g/mol. The van der Waals surface area contributed by atoms with Crippen LogP contribution in [0.3, 0.4) is 0 Å². The number of hydrogen-bond acceptors (Lipinski definition) is 3. The van der Waals surface area contributed by atoms with E-state index in [2.05, 4.69) is 45.1 Å². The van der Waals surface area contributed by atoms with Gasteiger partial charge in [0.1, 0.15) is 5.82 Å². The lowest BCUT2D eigenvalue weighted by Crippen LogP contribution is -2.42. The molecule has 174 valence electrons. The molecule has 0 radical (unpaired) electrons. The van der Waals surface area contributed by atoms with Gasteiger partial charge in [0.05, 0.1) is 6.10 Å². The topological polar surface area (TPSA) is 46.5 Å². The van der Waals surface area contributed by atoms with Crippen LogP contribution in [0.2, 0.25) is 0 Å². The molecular weight excluding hydrogens is 417 g/mol. The van der Waals surface area contributed by atoms with Crippen molar-refractivity contribution in [2.24, 2.45) is 5.92 Å². The van der Waals surface area contributed by atoms with Gasteiger partial charge in [-0.1, -0.05) is 30.3 Å². The molecule has 1 aromatic heterocycles. The number of piperidine rings is 1. The summed E-state index contributed by atoms with van der Waals surface area (Å²) in [6.07, 6.45) is 4.10. The molecule has 33 heavy (non-hydrogen) atoms. The molecule has 1 N–H and O–H groups in total. The van der Waals surface area contributed by atoms with E-state index in [1.807, 2.05) is 12.1 Å². The standard InChI is InChI=1S/C27H32FN3O2/c28-23-9-7-20(8-10-23)18-31-24(16-22-4-1-2-6-26(22)31)19-30-13-11-21(12-14-30)27(32)29-17-25-5-3-15-33-25/h1-2,4,6-10,16,21,25H,3,5,11-15,17-19H2,(H,29,32)/t25-/m1/s1. The Kier molecular flexibility index (Phi) is 6.74. The highest BCUT2D eigenvalue weighted by atomic mass is 19.1. The van der Waals surface area contributed by atoms with Crippen LogP contribution in [0.25, 0.3) is 10.9 Å². The first-order chi connectivity index (χ1) is 16.2. The van der Waals surface area contributed by atoms with Crippen molar-refractivity contribution in [3.63, 3.8) is 0 Å². The zero-order valence-electron chi connectivity index (χ0n) is 19.0. The number of fused-ring (bicyclic) bond motifs is 1. The summed E-state index contributed by atoms with van der Waals surface area (Å²) in [6, 6.07) is 17.4. The van der Waals surface area contributed by atoms with E-state index in [9.17, 15) is 9.18 Å². The van der Waals surface area contributed by atoms with Crippen LogP contribution in [0.15, 0.2) is 54.6 Å². The van der Waals surface area contributed by atoms with Crippen molar-refractivity contribution in [1.29, 1.82) is 0 Å². The van der Waals surface area contributed by atoms with E-state index >= 15 is 0 Å². The van der Waals surface area contributed by atoms with Gasteiger partial charge in [0, 0.05) is 43.4 Å². The van der Waals surface area contributed by atoms with Crippen LogP contribution in [-0.4, -0.2) is 47.7 Å². The van der Waals surface area contributed by atoms with E-state index in [-0.39, 0.29) is 23.7 Å². The Bertz CT molecular complexity index is 1080. The summed E-state index contributed by atoms with van der Waals surface area (Å²) in [5.41, 5.74) is 3.53. The quantitative estimate of drug-likeness (QED) is 0.584. The number of carbonyl (C=O) groups excluding carboxylic acids is 1. The van der Waals surface area contributed by atoms with Crippen molar-refractivity contribution in [1.82, 2.24) is 14.8 Å². The highest BCUT2D eigenvalue weighted by Crippen LogP contribution is 2.25. The number of likely N-dealkylation sites (tertiary alicyclic amines) is 1. The molecule has 2 aliphatic heterocycles. The average Bonchev–Trinajstić information content (AvgIpc) is 3.48. The Morgan fingerprint density at radius 3 is 2.58 bits per heavy atom. The molecule has 0 spiro atoms. The predicted molar refractivity (Wildman–Crippen MR) is 127 cm³/mol. The highest BCUT2D eigenvalue weighted by Gasteiger charge is 2.26. The number of benzene rings is 2. The van der Waals surface area contributed by atoms with Crippen molar-refractivity contribution in [3.05, 3.63) is 71.7 Å². The van der Waals surface area contributed by atoms with Crippen molar-refractivity contribution >= 4 is 16.8 Å². The fourth-order valence-corrected chi connectivity index (χ4v) is 5.10. The van der Waals surface area contributed by atoms with E-state index < -0.39 is 0 Å². The van der Waals surface area contributed by atoms with Gasteiger partial charge in [-0.25, -0.2) is 4.39 Å². The minimum atomic E-state index is -0.209. The fraction of sp³-hybridized carbons (Fsp3) is 0.444. The van der Waals surface area contributed by atoms with E-state index in [1.165, 1.54) is 28.7 Å². The van der Waals surface area contributed by atoms with Crippen molar-refractivity contribution in [2.75, 3.05) is 26.2 Å². The summed E-state index contributed by atoms with van der Waals surface area (Å²) in [7, 11) is 0. The molecule has 6 heteroatoms. The average molecular weight is 450 g/mol. The number of amides is 1. The third kappa shape index (κ3) is 5.28. The molecule has 0 aliphatic carbocycles. The van der Waals surface area contributed by atoms with Crippen LogP contribution in [0.5, 0.6) is 0 Å². The SMILES string of the molecule is O=C(NC[C@H]1CCCO1)C1CCN(Cc2cc3ccccc3n2Cc2ccc(F)cc2)CC1. The Morgan fingerprint density at radius 1 is 1.03 bits per heavy atom. The summed E-state index contributed by atoms with van der Waals surface area (Å²) in [5, 5.41) is 4.32. The molecule has 5 nitrogen and oxygen atoms in total. The Hall–Kier alpha value is -2.70. The van der Waals surface area contributed by atoms with Crippen LogP contribution >= 0.6 is 0 Å². The third-order valence-corrected chi connectivity index (χ3v) is 7.02. The fourth-order valence-electron chi connectivity index (χ4n) is 5.10. The lowest BCUT2D eigenvalue weighted by molar-refractivity contribution is -0.127. The molecule has 2 aliphatic rings. The molecule has 1 atom stereocenters. The first kappa shape index (κ1) is 22.1. The van der Waals surface area contributed by atoms with E-state index in [4.69, 9.17) is 4.74 Å². The van der Waals surface area contributed by atoms with Crippen molar-refractivity contribution in [3.8, 4) is 0 Å². The molecule has 0 bridgehead atoms. The largest absolute Gasteiger partial charge is 0.376 e. The second kappa shape index (κ2) is 10.1. The zero-order valence-corrected chi connectivity index (χ0v) is 19.0. The maximum atomic E-state index is 13.4. The van der Waals surface area contributed by atoms with Gasteiger partial charge in [-0.3, -0.25) is 9.69 Å². The summed E-state index contributed by atoms with van der Waals surface area (Å²) in [6.45, 7) is 4.84. The van der Waals surface area contributed by atoms with Crippen molar-refractivity contribution in [2.45, 2.75) is 44.9 Å². The lowest BCUT2D eigenvalue weighted by atomic mass is 9.95. The number of nitrogens with zero attached hydrogens (tertiary/aromatic N) is 2. The lowest BCUT2D eigenvalue weighted by Gasteiger charge is -2.31. The van der Waals surface area contributed by atoms with E-state index in [1.54, 1.807) is 0 Å². The number of nitrogens with one attached hydrogen (secondary N) is 1. The van der Waals surface area contributed by atoms with Gasteiger partial charge < -0.3 is 14.6 Å². The summed E-state index contributed by atoms with van der Waals surface area (Å²) in [5.74, 6) is 0.0577. The third-order valence-electron chi connectivity index (χ3n) is 7.02. The molecule has 3 aromatic rings. The molecule has 0 saturated carbocycles. The van der Waals surface area contributed by atoms with Gasteiger partial charge in [0.2, 0.25) is 5.91 Å². The van der Waals surface area contributed by atoms with Crippen LogP contribution in [0.1, 0.15) is 36.9 Å². The number of aromatic nitrogens is 1. The van der Waals surface area contributed by atoms with Crippen LogP contribution < -0.4 is 5.32 Å². The molecular formula is C27H32FN3O2. The van der Waals surface area contributed by atoms with E-state index in [0.717, 1.165) is 57.5 Å². The number of para-hydroxylation sites is 1. The van der Waals surface area contributed by atoms with Gasteiger partial charge in [-0.05, 0) is 74.0 Å². The number of rotatable bonds is 7. The summed E-state index contributed by atoms with van der Waals surface area (Å²) < 4.78 is 21.3. The first-order valence-electron chi connectivity index (χ1n) is 12.1. The van der Waals surface area contributed by atoms with Crippen LogP contribution in [0, 0.1) is 11.7 Å². The van der Waals surface area contributed by atoms with Gasteiger partial charge >= 0.3 is 0 Å². The second-order valence-corrected chi connectivity index (χ2v) is 9.34. The number of carbonyl (C=O) groups is 1. The molecule has 2 aromatic carbocycles. The van der Waals surface area contributed by atoms with Gasteiger partial charge in [0.25, 0.3) is 0 Å². The molecule has 1 amide bonds. The Morgan fingerprint density at radius 2 is 1.82 bits per heavy atom. The van der Waals surface area contributed by atoms with Gasteiger partial charge in [0.15, 0.2) is 0 Å². The number of hydrogen-bond donors (Lipinski definition) is 1. The minimum Gasteiger partial charge on any atom is -0.376 e. The van der Waals surface area contributed by atoms with Gasteiger partial charge in [-0.2, -0.15) is 0 Å². The zero-order chi connectivity index (χ0) is 22.6. The highest BCUT2D eigenvalue weighted by molar-refractivity contribution is 5.81. The maximum Gasteiger partial charge on any atom is 0.223 e. The van der Waals surface area contributed by atoms with Crippen LogP contribution in [0.4, 0.5) is 4.39 Å². The molecule has 3 heterocycles. The summed E-state index contributed by atoms with van der Waals surface area (Å²) >= 11 is 0. The molecule has 0 unspecified atom stereocenters. The predicted octanol–water partition coefficient (Wildman–Crippen LogP) is 4.34. The number of halogens is 1. The normalized spacial score (nSPS) is 19.8. The molecule has 2 saturated heterocycles. The summed E-state index contributed by atoms with van der Waals surface area (Å²) in [4.78, 5) is 15.0. The Labute approximate surface area is 194 Å². The van der Waals surface area contributed by atoms with E-state index in [0.29, 0.717) is 13.1 Å². The second-order valence-electron chi connectivity index (χ2n) is 9.34. The smallest absolute Gasteiger partial charge is 0.223 e. The minimum absolute atomic E-state index is 0.0905. The van der Waals surface area contributed by atoms with Gasteiger partial charge in [-0.15, -0.1) is 0 Å². The molecule has 2 fully saturated rings.